The summed E-state index contributed by atoms with van der Waals surface area (Å²) in [5.74, 6) is -1.43. The summed E-state index contributed by atoms with van der Waals surface area (Å²) in [6, 6.07) is 5.96. The minimum Gasteiger partial charge on any atom is -0.463 e. The van der Waals surface area contributed by atoms with Crippen LogP contribution in [0, 0.1) is 0 Å². The van der Waals surface area contributed by atoms with Crippen LogP contribution < -0.4 is 11.1 Å². The van der Waals surface area contributed by atoms with Crippen molar-refractivity contribution in [1.82, 2.24) is 20.1 Å². The number of morpholine rings is 2. The number of hydrogen-bond donors (Lipinski definition) is 3. The molecular formula is C28H41N5O7. The fraction of sp³-hybridized carbons (Fsp3) is 0.607. The lowest BCUT2D eigenvalue weighted by Gasteiger charge is -2.26. The van der Waals surface area contributed by atoms with Crippen molar-refractivity contribution in [2.75, 3.05) is 78.9 Å². The Balaban J connectivity index is 1.26. The number of ether oxygens (including phenoxy) is 4. The van der Waals surface area contributed by atoms with Gasteiger partial charge in [-0.2, -0.15) is 0 Å². The number of aromatic amines is 1. The Labute approximate surface area is 234 Å². The van der Waals surface area contributed by atoms with E-state index in [1.807, 2.05) is 30.5 Å². The summed E-state index contributed by atoms with van der Waals surface area (Å²) in [6.07, 6.45) is 2.19. The second-order valence-electron chi connectivity index (χ2n) is 10.1. The molecule has 0 spiro atoms. The van der Waals surface area contributed by atoms with Gasteiger partial charge in [0.15, 0.2) is 0 Å². The van der Waals surface area contributed by atoms with Crippen LogP contribution >= 0.6 is 0 Å². The van der Waals surface area contributed by atoms with Gasteiger partial charge in [-0.3, -0.25) is 19.4 Å². The molecule has 12 heteroatoms. The van der Waals surface area contributed by atoms with Crippen molar-refractivity contribution in [3.63, 3.8) is 0 Å². The first-order valence-corrected chi connectivity index (χ1v) is 14.0. The first-order chi connectivity index (χ1) is 19.5. The topological polar surface area (TPSA) is 148 Å². The molecule has 0 aliphatic carbocycles. The summed E-state index contributed by atoms with van der Waals surface area (Å²) in [5.41, 5.74) is 7.83. The number of rotatable bonds is 14. The normalized spacial score (nSPS) is 18.2. The summed E-state index contributed by atoms with van der Waals surface area (Å²) in [4.78, 5) is 45.8. The third kappa shape index (κ3) is 9.27. The molecule has 3 heterocycles. The zero-order chi connectivity index (χ0) is 28.2. The van der Waals surface area contributed by atoms with Gasteiger partial charge in [0.05, 0.1) is 26.4 Å². The van der Waals surface area contributed by atoms with Crippen LogP contribution in [-0.4, -0.2) is 124 Å². The largest absolute Gasteiger partial charge is 0.463 e. The number of esters is 2. The van der Waals surface area contributed by atoms with Crippen molar-refractivity contribution >= 4 is 28.7 Å². The molecule has 4 rings (SSSR count). The number of amides is 1. The highest BCUT2D eigenvalue weighted by molar-refractivity contribution is 5.87. The van der Waals surface area contributed by atoms with Crippen LogP contribution in [0.4, 0.5) is 0 Å². The SMILES string of the molecule is NC(CCC(=O)NC(Cc1c[nH]c2ccccc12)C(=O)OCCN1CCOCC1)C(=O)OCCN1CCOCC1. The van der Waals surface area contributed by atoms with E-state index in [0.717, 1.165) is 42.6 Å². The van der Waals surface area contributed by atoms with E-state index >= 15 is 0 Å². The van der Waals surface area contributed by atoms with E-state index < -0.39 is 24.0 Å². The standard InChI is InChI=1S/C28H41N5O7/c29-23(27(35)39-17-11-32-7-13-37-14-8-32)5-6-26(34)31-25(19-21-20-30-24-4-2-1-3-22(21)24)28(36)40-18-12-33-9-15-38-16-10-33/h1-4,20,23,25,30H,5-19,29H2,(H,31,34). The number of fused-ring (bicyclic) bond motifs is 1. The molecule has 2 aliphatic rings. The lowest BCUT2D eigenvalue weighted by atomic mass is 10.0. The summed E-state index contributed by atoms with van der Waals surface area (Å²) in [5, 5.41) is 3.78. The predicted octanol–water partition coefficient (Wildman–Crippen LogP) is 0.0535. The Kier molecular flexibility index (Phi) is 11.7. The molecule has 4 N–H and O–H groups in total. The first-order valence-electron chi connectivity index (χ1n) is 14.0. The first kappa shape index (κ1) is 29.9. The summed E-state index contributed by atoms with van der Waals surface area (Å²) < 4.78 is 21.5. The number of hydrogen-bond acceptors (Lipinski definition) is 10. The number of nitrogens with one attached hydrogen (secondary N) is 2. The molecule has 12 nitrogen and oxygen atoms in total. The van der Waals surface area contributed by atoms with E-state index in [-0.39, 0.29) is 38.4 Å². The van der Waals surface area contributed by atoms with E-state index in [1.165, 1.54) is 0 Å². The van der Waals surface area contributed by atoms with Crippen molar-refractivity contribution in [3.05, 3.63) is 36.0 Å². The van der Waals surface area contributed by atoms with E-state index in [4.69, 9.17) is 24.7 Å². The molecule has 1 amide bonds. The molecule has 0 saturated carbocycles. The predicted molar refractivity (Wildman–Crippen MR) is 148 cm³/mol. The molecule has 0 bridgehead atoms. The van der Waals surface area contributed by atoms with Crippen LogP contribution in [0.2, 0.25) is 0 Å². The Morgan fingerprint density at radius 3 is 2.17 bits per heavy atom. The third-order valence-electron chi connectivity index (χ3n) is 7.21. The smallest absolute Gasteiger partial charge is 0.329 e. The van der Waals surface area contributed by atoms with Gasteiger partial charge in [-0.1, -0.05) is 18.2 Å². The van der Waals surface area contributed by atoms with Gasteiger partial charge in [0.2, 0.25) is 5.91 Å². The Morgan fingerprint density at radius 1 is 0.925 bits per heavy atom. The van der Waals surface area contributed by atoms with Crippen molar-refractivity contribution in [1.29, 1.82) is 0 Å². The van der Waals surface area contributed by atoms with Gasteiger partial charge in [-0.15, -0.1) is 0 Å². The van der Waals surface area contributed by atoms with Crippen molar-refractivity contribution in [3.8, 4) is 0 Å². The van der Waals surface area contributed by atoms with Crippen molar-refractivity contribution in [2.45, 2.75) is 31.3 Å². The van der Waals surface area contributed by atoms with Gasteiger partial charge >= 0.3 is 11.9 Å². The van der Waals surface area contributed by atoms with E-state index in [2.05, 4.69) is 20.1 Å². The van der Waals surface area contributed by atoms with Crippen LogP contribution in [0.3, 0.4) is 0 Å². The van der Waals surface area contributed by atoms with Gasteiger partial charge in [0, 0.05) is 69.2 Å². The molecule has 220 valence electrons. The minimum absolute atomic E-state index is 0.0226. The summed E-state index contributed by atoms with van der Waals surface area (Å²) in [6.45, 7) is 7.55. The summed E-state index contributed by atoms with van der Waals surface area (Å²) in [7, 11) is 0. The lowest BCUT2D eigenvalue weighted by molar-refractivity contribution is -0.149. The second-order valence-corrected chi connectivity index (χ2v) is 10.1. The van der Waals surface area contributed by atoms with Gasteiger partial charge in [-0.25, -0.2) is 4.79 Å². The maximum absolute atomic E-state index is 13.1. The van der Waals surface area contributed by atoms with E-state index in [0.29, 0.717) is 39.5 Å². The number of para-hydroxylation sites is 1. The maximum atomic E-state index is 13.1. The molecule has 2 aliphatic heterocycles. The molecule has 40 heavy (non-hydrogen) atoms. The molecular weight excluding hydrogens is 518 g/mol. The molecule has 1 aromatic heterocycles. The molecule has 2 atom stereocenters. The number of carbonyl (C=O) groups excluding carboxylic acids is 3. The number of nitrogens with zero attached hydrogens (tertiary/aromatic N) is 2. The van der Waals surface area contributed by atoms with Gasteiger partial charge < -0.3 is 35.0 Å². The molecule has 2 aromatic rings. The minimum atomic E-state index is -0.928. The van der Waals surface area contributed by atoms with Crippen LogP contribution in [0.15, 0.2) is 30.5 Å². The molecule has 2 unspecified atom stereocenters. The molecule has 0 radical (unpaired) electrons. The Morgan fingerprint density at radius 2 is 1.52 bits per heavy atom. The Hall–Kier alpha value is -3.03. The lowest BCUT2D eigenvalue weighted by Crippen LogP contribution is -2.45. The number of H-pyrrole nitrogens is 1. The zero-order valence-corrected chi connectivity index (χ0v) is 23.0. The van der Waals surface area contributed by atoms with Gasteiger partial charge in [0.1, 0.15) is 25.3 Å². The highest BCUT2D eigenvalue weighted by Gasteiger charge is 2.26. The van der Waals surface area contributed by atoms with Crippen LogP contribution in [0.5, 0.6) is 0 Å². The second kappa shape index (κ2) is 15.7. The van der Waals surface area contributed by atoms with Crippen LogP contribution in [0.1, 0.15) is 18.4 Å². The number of benzene rings is 1. The zero-order valence-electron chi connectivity index (χ0n) is 23.0. The van der Waals surface area contributed by atoms with Gasteiger partial charge in [-0.05, 0) is 18.1 Å². The third-order valence-corrected chi connectivity index (χ3v) is 7.21. The van der Waals surface area contributed by atoms with Crippen molar-refractivity contribution < 1.29 is 33.3 Å². The number of carbonyl (C=O) groups is 3. The fourth-order valence-corrected chi connectivity index (χ4v) is 4.79. The molecule has 2 fully saturated rings. The van der Waals surface area contributed by atoms with Crippen LogP contribution in [0.25, 0.3) is 10.9 Å². The van der Waals surface area contributed by atoms with Gasteiger partial charge in [0.25, 0.3) is 0 Å². The summed E-state index contributed by atoms with van der Waals surface area (Å²) >= 11 is 0. The number of nitrogens with two attached hydrogens (primary N) is 1. The monoisotopic (exact) mass is 559 g/mol. The van der Waals surface area contributed by atoms with E-state index in [9.17, 15) is 14.4 Å². The molecule has 1 aromatic carbocycles. The van der Waals surface area contributed by atoms with Crippen molar-refractivity contribution in [2.24, 2.45) is 5.73 Å². The fourth-order valence-electron chi connectivity index (χ4n) is 4.79. The average molecular weight is 560 g/mol. The highest BCUT2D eigenvalue weighted by atomic mass is 16.5. The number of aromatic nitrogens is 1. The molecule has 2 saturated heterocycles. The quantitative estimate of drug-likeness (QED) is 0.271. The van der Waals surface area contributed by atoms with E-state index in [1.54, 1.807) is 0 Å². The average Bonchev–Trinajstić information content (AvgIpc) is 3.39. The highest BCUT2D eigenvalue weighted by Crippen LogP contribution is 2.19. The maximum Gasteiger partial charge on any atom is 0.329 e. The Bertz CT molecular complexity index is 1100. The van der Waals surface area contributed by atoms with Crippen LogP contribution in [-0.2, 0) is 39.8 Å².